The summed E-state index contributed by atoms with van der Waals surface area (Å²) in [6.07, 6.45) is 2.07. The highest BCUT2D eigenvalue weighted by Gasteiger charge is 2.38. The maximum Gasteiger partial charge on any atom is 0.407 e. The molecule has 0 aliphatic heterocycles. The predicted octanol–water partition coefficient (Wildman–Crippen LogP) is 9.17. The summed E-state index contributed by atoms with van der Waals surface area (Å²) < 4.78 is 5.19. The molecule has 0 unspecified atom stereocenters. The fourth-order valence-electron chi connectivity index (χ4n) is 6.32. The molecular weight excluding hydrogens is 687 g/mol. The van der Waals surface area contributed by atoms with Crippen LogP contribution in [0.3, 0.4) is 0 Å². The largest absolute Gasteiger partial charge is 0.480 e. The van der Waals surface area contributed by atoms with E-state index in [1.807, 2.05) is 69.5 Å². The van der Waals surface area contributed by atoms with Crippen LogP contribution in [-0.4, -0.2) is 59.2 Å². The van der Waals surface area contributed by atoms with Crippen molar-refractivity contribution in [1.82, 2.24) is 10.6 Å². The van der Waals surface area contributed by atoms with Crippen molar-refractivity contribution in [2.45, 2.75) is 56.2 Å². The van der Waals surface area contributed by atoms with Crippen LogP contribution in [0.5, 0.6) is 0 Å². The van der Waals surface area contributed by atoms with Gasteiger partial charge in [0.25, 0.3) is 0 Å². The van der Waals surface area contributed by atoms with E-state index in [2.05, 4.69) is 101 Å². The molecule has 5 aromatic rings. The second kappa shape index (κ2) is 18.4. The van der Waals surface area contributed by atoms with Gasteiger partial charge in [-0.3, -0.25) is 4.79 Å². The number of ether oxygens (including phenoxy) is 1. The van der Waals surface area contributed by atoms with Gasteiger partial charge in [-0.1, -0.05) is 121 Å². The fraction of sp³-hybridized carbons (Fsp3) is 0.302. The number of aliphatic carboxylic acids is 1. The first-order valence-electron chi connectivity index (χ1n) is 17.6. The Morgan fingerprint density at radius 2 is 1.31 bits per heavy atom. The number of rotatable bonds is 17. The molecule has 0 heterocycles. The summed E-state index contributed by atoms with van der Waals surface area (Å²) in [6.45, 7) is 6.47. The third kappa shape index (κ3) is 10.1. The van der Waals surface area contributed by atoms with Crippen molar-refractivity contribution in [3.63, 3.8) is 0 Å². The van der Waals surface area contributed by atoms with Gasteiger partial charge < -0.3 is 25.8 Å². The normalized spacial score (nSPS) is 12.9. The molecule has 5 aromatic carbocycles. The minimum Gasteiger partial charge on any atom is -0.480 e. The highest BCUT2D eigenvalue weighted by Crippen LogP contribution is 2.48. The van der Waals surface area contributed by atoms with E-state index in [0.717, 1.165) is 44.5 Å². The maximum absolute atomic E-state index is 13.3. The standard InChI is InChI=1S/C43H49N3O4S2/c1-42(2,3)50-41(49)46-35(29-45-38-25-15-23-36-31(16-14-24-37(36)38)28-44-39(40(47)48)26-27-51-4)30-52-43(32-17-8-5-9-18-32,33-19-10-6-11-20-33)34-21-12-7-13-22-34/h5-25,35,39,44-45H,26-30H2,1-4H3,(H,46,49)(H,47,48)/t35-,39+/m1/s1. The van der Waals surface area contributed by atoms with Crippen LogP contribution in [0.25, 0.3) is 10.8 Å². The molecule has 0 fully saturated rings. The Kier molecular flexibility index (Phi) is 13.7. The lowest BCUT2D eigenvalue weighted by Crippen LogP contribution is -2.45. The van der Waals surface area contributed by atoms with E-state index in [4.69, 9.17) is 4.74 Å². The van der Waals surface area contributed by atoms with E-state index in [9.17, 15) is 14.7 Å². The quantitative estimate of drug-likeness (QED) is 0.0702. The number of amides is 1. The van der Waals surface area contributed by atoms with Crippen LogP contribution < -0.4 is 16.0 Å². The van der Waals surface area contributed by atoms with E-state index in [0.29, 0.717) is 25.3 Å². The summed E-state index contributed by atoms with van der Waals surface area (Å²) in [5.74, 6) is 0.499. The molecule has 9 heteroatoms. The van der Waals surface area contributed by atoms with E-state index in [1.54, 1.807) is 23.5 Å². The molecule has 2 atom stereocenters. The van der Waals surface area contributed by atoms with E-state index < -0.39 is 28.5 Å². The zero-order valence-electron chi connectivity index (χ0n) is 30.3. The number of anilines is 1. The third-order valence-electron chi connectivity index (χ3n) is 8.76. The highest BCUT2D eigenvalue weighted by atomic mass is 32.2. The molecule has 0 saturated carbocycles. The number of benzene rings is 5. The summed E-state index contributed by atoms with van der Waals surface area (Å²) in [4.78, 5) is 25.2. The first-order chi connectivity index (χ1) is 25.1. The monoisotopic (exact) mass is 735 g/mol. The predicted molar refractivity (Wildman–Crippen MR) is 219 cm³/mol. The van der Waals surface area contributed by atoms with Gasteiger partial charge in [-0.15, -0.1) is 11.8 Å². The lowest BCUT2D eigenvalue weighted by molar-refractivity contribution is -0.139. The Morgan fingerprint density at radius 3 is 1.85 bits per heavy atom. The summed E-state index contributed by atoms with van der Waals surface area (Å²) in [5, 5.41) is 21.9. The van der Waals surface area contributed by atoms with Crippen molar-refractivity contribution in [2.24, 2.45) is 0 Å². The number of thioether (sulfide) groups is 2. The van der Waals surface area contributed by atoms with Crippen LogP contribution in [0.4, 0.5) is 10.5 Å². The summed E-state index contributed by atoms with van der Waals surface area (Å²) in [7, 11) is 0. The van der Waals surface area contributed by atoms with Crippen LogP contribution >= 0.6 is 23.5 Å². The van der Waals surface area contributed by atoms with Gasteiger partial charge in [-0.25, -0.2) is 4.79 Å². The zero-order valence-corrected chi connectivity index (χ0v) is 31.9. The van der Waals surface area contributed by atoms with Crippen LogP contribution in [-0.2, 0) is 20.8 Å². The Morgan fingerprint density at radius 1 is 0.750 bits per heavy atom. The fourth-order valence-corrected chi connectivity index (χ4v) is 8.35. The number of carboxylic acid groups (broad SMARTS) is 1. The highest BCUT2D eigenvalue weighted by molar-refractivity contribution is 8.00. The van der Waals surface area contributed by atoms with Crippen molar-refractivity contribution in [2.75, 3.05) is 29.6 Å². The van der Waals surface area contributed by atoms with Gasteiger partial charge in [-0.2, -0.15) is 11.8 Å². The Balaban J connectivity index is 1.45. The van der Waals surface area contributed by atoms with Crippen LogP contribution in [0.15, 0.2) is 127 Å². The van der Waals surface area contributed by atoms with E-state index >= 15 is 0 Å². The minimum atomic E-state index is -0.839. The van der Waals surface area contributed by atoms with Crippen molar-refractivity contribution in [1.29, 1.82) is 0 Å². The number of carboxylic acids is 1. The molecule has 0 bridgehead atoms. The number of hydrogen-bond acceptors (Lipinski definition) is 7. The first-order valence-corrected chi connectivity index (χ1v) is 20.0. The molecular formula is C43H49N3O4S2. The molecule has 5 rings (SSSR count). The number of carbonyl (C=O) groups is 2. The van der Waals surface area contributed by atoms with Crippen LogP contribution in [0.1, 0.15) is 49.4 Å². The van der Waals surface area contributed by atoms with Crippen molar-refractivity contribution < 1.29 is 19.4 Å². The van der Waals surface area contributed by atoms with Gasteiger partial charge in [0, 0.05) is 29.9 Å². The van der Waals surface area contributed by atoms with Gasteiger partial charge in [0.1, 0.15) is 11.6 Å². The molecule has 0 aliphatic rings. The first kappa shape index (κ1) is 38.8. The van der Waals surface area contributed by atoms with Gasteiger partial charge in [0.2, 0.25) is 0 Å². The molecule has 0 saturated heterocycles. The van der Waals surface area contributed by atoms with Gasteiger partial charge in [-0.05, 0) is 72.9 Å². The van der Waals surface area contributed by atoms with Crippen molar-refractivity contribution >= 4 is 52.0 Å². The Labute approximate surface area is 316 Å². The number of carbonyl (C=O) groups excluding carboxylic acids is 1. The van der Waals surface area contributed by atoms with Gasteiger partial charge >= 0.3 is 12.1 Å². The molecule has 272 valence electrons. The second-order valence-electron chi connectivity index (χ2n) is 13.7. The van der Waals surface area contributed by atoms with Gasteiger partial charge in [0.15, 0.2) is 0 Å². The average molecular weight is 736 g/mol. The van der Waals surface area contributed by atoms with Crippen LogP contribution in [0, 0.1) is 0 Å². The lowest BCUT2D eigenvalue weighted by atomic mass is 9.84. The summed E-state index contributed by atoms with van der Waals surface area (Å²) in [6, 6.07) is 42.9. The van der Waals surface area contributed by atoms with E-state index in [-0.39, 0.29) is 6.04 Å². The third-order valence-corrected chi connectivity index (χ3v) is 11.1. The maximum atomic E-state index is 13.3. The Hall–Kier alpha value is -4.44. The second-order valence-corrected chi connectivity index (χ2v) is 15.9. The molecule has 0 spiro atoms. The summed E-state index contributed by atoms with van der Waals surface area (Å²) in [5.41, 5.74) is 4.75. The minimum absolute atomic E-state index is 0.316. The number of nitrogens with one attached hydrogen (secondary N) is 3. The summed E-state index contributed by atoms with van der Waals surface area (Å²) >= 11 is 3.43. The molecule has 4 N–H and O–H groups in total. The topological polar surface area (TPSA) is 99.7 Å². The molecule has 52 heavy (non-hydrogen) atoms. The molecule has 0 radical (unpaired) electrons. The molecule has 1 amide bonds. The average Bonchev–Trinajstić information content (AvgIpc) is 3.14. The Bertz CT molecular complexity index is 1790. The lowest BCUT2D eigenvalue weighted by Gasteiger charge is -2.37. The number of hydrogen-bond donors (Lipinski definition) is 4. The molecule has 0 aliphatic carbocycles. The van der Waals surface area contributed by atoms with Crippen LogP contribution in [0.2, 0.25) is 0 Å². The zero-order chi connectivity index (χ0) is 37.0. The number of alkyl carbamates (subject to hydrolysis) is 1. The molecule has 7 nitrogen and oxygen atoms in total. The smallest absolute Gasteiger partial charge is 0.407 e. The molecule has 0 aromatic heterocycles. The number of fused-ring (bicyclic) bond motifs is 1. The van der Waals surface area contributed by atoms with Gasteiger partial charge in [0.05, 0.1) is 10.8 Å². The van der Waals surface area contributed by atoms with Crippen molar-refractivity contribution in [3.05, 3.63) is 150 Å². The van der Waals surface area contributed by atoms with Crippen molar-refractivity contribution in [3.8, 4) is 0 Å². The van der Waals surface area contributed by atoms with E-state index in [1.165, 1.54) is 0 Å². The SMILES string of the molecule is CSCC[C@H](NCc1cccc2c(NC[C@H](CSC(c3ccccc3)(c3ccccc3)c3ccccc3)NC(=O)OC(C)(C)C)cccc12)C(=O)O.